The SMILES string of the molecule is CCN(CC)CCn1c(N=Cc2cccc([N+](=O)[O-])c2O)nc2ccccc21. The highest BCUT2D eigenvalue weighted by Crippen LogP contribution is 2.29. The van der Waals surface area contributed by atoms with E-state index in [0.29, 0.717) is 5.95 Å². The normalized spacial score (nSPS) is 11.7. The molecule has 0 amide bonds. The van der Waals surface area contributed by atoms with Crippen molar-refractivity contribution in [3.8, 4) is 5.75 Å². The molecule has 0 saturated carbocycles. The number of phenols is 1. The second kappa shape index (κ2) is 8.62. The number of aliphatic imine (C=N–C) groups is 1. The summed E-state index contributed by atoms with van der Waals surface area (Å²) in [5.41, 5.74) is 1.73. The first-order valence-electron chi connectivity index (χ1n) is 9.23. The van der Waals surface area contributed by atoms with Gasteiger partial charge in [-0.15, -0.1) is 0 Å². The van der Waals surface area contributed by atoms with Gasteiger partial charge in [0.25, 0.3) is 0 Å². The highest BCUT2D eigenvalue weighted by Gasteiger charge is 2.16. The van der Waals surface area contributed by atoms with Crippen LogP contribution in [0.5, 0.6) is 5.75 Å². The van der Waals surface area contributed by atoms with Crippen LogP contribution in [0.3, 0.4) is 0 Å². The molecule has 8 nitrogen and oxygen atoms in total. The Balaban J connectivity index is 1.96. The number of likely N-dealkylation sites (N-methyl/N-ethyl adjacent to an activating group) is 1. The lowest BCUT2D eigenvalue weighted by Gasteiger charge is -2.18. The van der Waals surface area contributed by atoms with Crippen LogP contribution in [0.25, 0.3) is 11.0 Å². The third kappa shape index (κ3) is 4.01. The molecule has 28 heavy (non-hydrogen) atoms. The van der Waals surface area contributed by atoms with Crippen molar-refractivity contribution >= 4 is 28.9 Å². The summed E-state index contributed by atoms with van der Waals surface area (Å²) in [5.74, 6) is 0.0984. The Labute approximate surface area is 162 Å². The molecule has 0 radical (unpaired) electrons. The maximum absolute atomic E-state index is 11.0. The van der Waals surface area contributed by atoms with Gasteiger partial charge in [-0.2, -0.15) is 0 Å². The van der Waals surface area contributed by atoms with E-state index >= 15 is 0 Å². The van der Waals surface area contributed by atoms with E-state index in [-0.39, 0.29) is 11.3 Å². The zero-order valence-electron chi connectivity index (χ0n) is 15.9. The number of hydrogen-bond donors (Lipinski definition) is 1. The molecule has 0 bridgehead atoms. The number of benzene rings is 2. The van der Waals surface area contributed by atoms with Crippen LogP contribution in [0.4, 0.5) is 11.6 Å². The van der Waals surface area contributed by atoms with E-state index in [2.05, 4.69) is 28.7 Å². The van der Waals surface area contributed by atoms with Crippen molar-refractivity contribution in [1.82, 2.24) is 14.5 Å². The molecular formula is C20H23N5O3. The van der Waals surface area contributed by atoms with E-state index in [1.807, 2.05) is 28.8 Å². The van der Waals surface area contributed by atoms with Gasteiger partial charge >= 0.3 is 5.69 Å². The zero-order chi connectivity index (χ0) is 20.1. The van der Waals surface area contributed by atoms with Gasteiger partial charge in [-0.1, -0.05) is 32.0 Å². The molecule has 0 fully saturated rings. The van der Waals surface area contributed by atoms with E-state index in [1.54, 1.807) is 6.07 Å². The van der Waals surface area contributed by atoms with Gasteiger partial charge in [0.05, 0.1) is 16.0 Å². The fraction of sp³-hybridized carbons (Fsp3) is 0.300. The molecule has 8 heteroatoms. The Morgan fingerprint density at radius 3 is 2.68 bits per heavy atom. The lowest BCUT2D eigenvalue weighted by Crippen LogP contribution is -2.26. The third-order valence-electron chi connectivity index (χ3n) is 4.73. The summed E-state index contributed by atoms with van der Waals surface area (Å²) in [6.45, 7) is 7.75. The molecule has 1 heterocycles. The van der Waals surface area contributed by atoms with Crippen molar-refractivity contribution in [3.05, 3.63) is 58.1 Å². The molecule has 146 valence electrons. The van der Waals surface area contributed by atoms with Crippen molar-refractivity contribution in [2.45, 2.75) is 20.4 Å². The predicted molar refractivity (Wildman–Crippen MR) is 110 cm³/mol. The molecule has 0 aliphatic rings. The zero-order valence-corrected chi connectivity index (χ0v) is 15.9. The van der Waals surface area contributed by atoms with Crippen molar-refractivity contribution in [3.63, 3.8) is 0 Å². The maximum atomic E-state index is 11.0. The summed E-state index contributed by atoms with van der Waals surface area (Å²) in [5, 5.41) is 21.1. The highest BCUT2D eigenvalue weighted by molar-refractivity contribution is 5.87. The number of para-hydroxylation sites is 3. The third-order valence-corrected chi connectivity index (χ3v) is 4.73. The molecule has 1 aromatic heterocycles. The molecule has 0 aliphatic carbocycles. The molecule has 3 rings (SSSR count). The van der Waals surface area contributed by atoms with Crippen molar-refractivity contribution in [2.24, 2.45) is 4.99 Å². The van der Waals surface area contributed by atoms with Gasteiger partial charge < -0.3 is 14.6 Å². The second-order valence-electron chi connectivity index (χ2n) is 6.31. The minimum atomic E-state index is -0.619. The van der Waals surface area contributed by atoms with Gasteiger partial charge in [-0.25, -0.2) is 9.98 Å². The summed E-state index contributed by atoms with van der Waals surface area (Å²) in [7, 11) is 0. The number of aromatic hydroxyl groups is 1. The van der Waals surface area contributed by atoms with Crippen LogP contribution in [-0.2, 0) is 6.54 Å². The van der Waals surface area contributed by atoms with Gasteiger partial charge in [-0.3, -0.25) is 10.1 Å². The molecule has 1 N–H and O–H groups in total. The Hall–Kier alpha value is -3.26. The first-order chi connectivity index (χ1) is 13.5. The lowest BCUT2D eigenvalue weighted by molar-refractivity contribution is -0.385. The molecule has 3 aromatic rings. The molecule has 0 unspecified atom stereocenters. The maximum Gasteiger partial charge on any atom is 0.311 e. The number of nitrogens with zero attached hydrogens (tertiary/aromatic N) is 5. The van der Waals surface area contributed by atoms with Crippen LogP contribution in [0.2, 0.25) is 0 Å². The quantitative estimate of drug-likeness (QED) is 0.364. The lowest BCUT2D eigenvalue weighted by atomic mass is 10.2. The summed E-state index contributed by atoms with van der Waals surface area (Å²) < 4.78 is 2.03. The number of fused-ring (bicyclic) bond motifs is 1. The average Bonchev–Trinajstić information content (AvgIpc) is 3.05. The topological polar surface area (TPSA) is 96.8 Å². The first kappa shape index (κ1) is 19.5. The fourth-order valence-corrected chi connectivity index (χ4v) is 3.09. The number of phenolic OH excluding ortho intramolecular Hbond substituents is 1. The minimum absolute atomic E-state index is 0.275. The van der Waals surface area contributed by atoms with Crippen LogP contribution >= 0.6 is 0 Å². The van der Waals surface area contributed by atoms with Crippen LogP contribution in [0.1, 0.15) is 19.4 Å². The molecule has 2 aromatic carbocycles. The number of rotatable bonds is 8. The number of nitro groups is 1. The van der Waals surface area contributed by atoms with Gasteiger partial charge in [0.1, 0.15) is 0 Å². The molecule has 0 saturated heterocycles. The Morgan fingerprint density at radius 1 is 1.21 bits per heavy atom. The Morgan fingerprint density at radius 2 is 1.96 bits per heavy atom. The van der Waals surface area contributed by atoms with E-state index < -0.39 is 10.7 Å². The van der Waals surface area contributed by atoms with Crippen molar-refractivity contribution < 1.29 is 10.0 Å². The van der Waals surface area contributed by atoms with E-state index in [4.69, 9.17) is 0 Å². The average molecular weight is 381 g/mol. The second-order valence-corrected chi connectivity index (χ2v) is 6.31. The standard InChI is InChI=1S/C20H23N5O3/c1-3-23(4-2)12-13-24-17-10-6-5-9-16(17)22-20(24)21-14-15-8-7-11-18(19(15)26)25(27)28/h5-11,14,26H,3-4,12-13H2,1-2H3. The highest BCUT2D eigenvalue weighted by atomic mass is 16.6. The summed E-state index contributed by atoms with van der Waals surface area (Å²) >= 11 is 0. The van der Waals surface area contributed by atoms with E-state index in [0.717, 1.165) is 37.2 Å². The molecule has 0 atom stereocenters. The van der Waals surface area contributed by atoms with Gasteiger partial charge in [-0.05, 0) is 31.3 Å². The fourth-order valence-electron chi connectivity index (χ4n) is 3.09. The molecule has 0 aliphatic heterocycles. The minimum Gasteiger partial charge on any atom is -0.502 e. The monoisotopic (exact) mass is 381 g/mol. The Kier molecular flexibility index (Phi) is 6.00. The number of imidazole rings is 1. The van der Waals surface area contributed by atoms with Crippen molar-refractivity contribution in [2.75, 3.05) is 19.6 Å². The number of aromatic nitrogens is 2. The van der Waals surface area contributed by atoms with Crippen LogP contribution in [-0.4, -0.2) is 50.3 Å². The van der Waals surface area contributed by atoms with Gasteiger partial charge in [0, 0.05) is 30.9 Å². The number of nitro benzene ring substituents is 1. The van der Waals surface area contributed by atoms with Crippen LogP contribution in [0.15, 0.2) is 47.5 Å². The Bertz CT molecular complexity index is 1010. The summed E-state index contributed by atoms with van der Waals surface area (Å²) in [6.07, 6.45) is 1.41. The van der Waals surface area contributed by atoms with Crippen LogP contribution in [0, 0.1) is 10.1 Å². The molecule has 0 spiro atoms. The van der Waals surface area contributed by atoms with Gasteiger partial charge in [0.15, 0.2) is 0 Å². The van der Waals surface area contributed by atoms with Crippen molar-refractivity contribution in [1.29, 1.82) is 0 Å². The first-order valence-corrected chi connectivity index (χ1v) is 9.23. The van der Waals surface area contributed by atoms with Crippen LogP contribution < -0.4 is 0 Å². The summed E-state index contributed by atoms with van der Waals surface area (Å²) in [6, 6.07) is 12.1. The summed E-state index contributed by atoms with van der Waals surface area (Å²) in [4.78, 5) is 21.7. The largest absolute Gasteiger partial charge is 0.502 e. The van der Waals surface area contributed by atoms with E-state index in [1.165, 1.54) is 18.3 Å². The van der Waals surface area contributed by atoms with Gasteiger partial charge in [0.2, 0.25) is 11.7 Å². The smallest absolute Gasteiger partial charge is 0.311 e. The molecular weight excluding hydrogens is 358 g/mol. The predicted octanol–water partition coefficient (Wildman–Crippen LogP) is 3.74. The number of hydrogen-bond acceptors (Lipinski definition) is 6. The van der Waals surface area contributed by atoms with E-state index in [9.17, 15) is 15.2 Å².